The molecule has 2 N–H and O–H groups in total. The molecule has 2 bridgehead atoms. The first-order chi connectivity index (χ1) is 25.3. The molecule has 0 spiro atoms. The lowest BCUT2D eigenvalue weighted by Gasteiger charge is -2.60. The van der Waals surface area contributed by atoms with Crippen LogP contribution in [-0.4, -0.2) is 99.6 Å². The minimum Gasteiger partial charge on any atom is -0.493 e. The van der Waals surface area contributed by atoms with Crippen LogP contribution in [0.5, 0.6) is 28.7 Å². The zero-order valence-electron chi connectivity index (χ0n) is 32.1. The van der Waals surface area contributed by atoms with Crippen molar-refractivity contribution in [1.29, 1.82) is 5.26 Å². The third-order valence-electron chi connectivity index (χ3n) is 10.5. The summed E-state index contributed by atoms with van der Waals surface area (Å²) in [5, 5.41) is 16.7. The number of carbonyl (C=O) groups excluding carboxylic acids is 2. The van der Waals surface area contributed by atoms with Gasteiger partial charge in [0, 0.05) is 48.0 Å². The van der Waals surface area contributed by atoms with E-state index in [1.807, 2.05) is 13.8 Å². The Labute approximate surface area is 311 Å². The Hall–Kier alpha value is -4.71. The minimum atomic E-state index is -0.903. The van der Waals surface area contributed by atoms with Crippen LogP contribution in [0.2, 0.25) is 0 Å². The van der Waals surface area contributed by atoms with Crippen molar-refractivity contribution in [2.75, 3.05) is 48.0 Å². The summed E-state index contributed by atoms with van der Waals surface area (Å²) in [4.78, 5) is 30.7. The maximum absolute atomic E-state index is 13.7. The van der Waals surface area contributed by atoms with E-state index in [1.54, 1.807) is 48.0 Å². The van der Waals surface area contributed by atoms with Crippen molar-refractivity contribution in [1.82, 2.24) is 20.4 Å². The fourth-order valence-electron chi connectivity index (χ4n) is 8.50. The summed E-state index contributed by atoms with van der Waals surface area (Å²) in [6.45, 7) is 15.1. The van der Waals surface area contributed by atoms with Crippen LogP contribution in [0.25, 0.3) is 0 Å². The van der Waals surface area contributed by atoms with Crippen LogP contribution in [0.1, 0.15) is 73.2 Å². The molecule has 6 rings (SSSR count). The van der Waals surface area contributed by atoms with Crippen LogP contribution < -0.4 is 34.3 Å². The molecule has 0 saturated carbocycles. The van der Waals surface area contributed by atoms with Gasteiger partial charge in [-0.05, 0) is 72.6 Å². The van der Waals surface area contributed by atoms with Gasteiger partial charge in [-0.1, -0.05) is 18.7 Å². The molecule has 14 nitrogen and oxygen atoms in total. The fraction of sp³-hybridized carbons (Fsp3) is 0.564. The number of amides is 2. The number of hydrogen-bond acceptors (Lipinski definition) is 12. The first-order valence-electron chi connectivity index (χ1n) is 17.9. The molecular weight excluding hydrogens is 682 g/mol. The molecule has 1 saturated heterocycles. The molecule has 2 aromatic rings. The van der Waals surface area contributed by atoms with E-state index in [1.165, 1.54) is 0 Å². The number of benzene rings is 2. The van der Waals surface area contributed by atoms with E-state index in [4.69, 9.17) is 33.2 Å². The lowest BCUT2D eigenvalue weighted by molar-refractivity contribution is -0.123. The summed E-state index contributed by atoms with van der Waals surface area (Å²) in [5.74, 6) is 2.63. The van der Waals surface area contributed by atoms with Crippen molar-refractivity contribution in [2.24, 2.45) is 0 Å². The third kappa shape index (κ3) is 6.82. The van der Waals surface area contributed by atoms with Crippen molar-refractivity contribution in [3.05, 3.63) is 52.1 Å². The Morgan fingerprint density at radius 3 is 2.49 bits per heavy atom. The lowest BCUT2D eigenvalue weighted by atomic mass is 9.71. The number of likely N-dealkylation sites (N-methyl/N-ethyl adjacent to an activating group) is 1. The van der Waals surface area contributed by atoms with Crippen molar-refractivity contribution in [2.45, 2.75) is 96.2 Å². The van der Waals surface area contributed by atoms with Crippen LogP contribution in [0.15, 0.2) is 18.7 Å². The van der Waals surface area contributed by atoms with Gasteiger partial charge in [0.1, 0.15) is 30.0 Å². The predicted molar refractivity (Wildman–Crippen MR) is 195 cm³/mol. The number of rotatable bonds is 11. The SMILES string of the molecule is C=CCOc1c(C)c2c(c3c1C[C@H]1[C@@H]4c5c(cc(C)c(OC)c5OCOC)C[C@H]([C@H](C#N)N1[C@H]3CNC(=O)[C@H](C)NC(=O)OC(C)(C)C)N4C)OCO2. The molecular formula is C39H51N5O9. The Morgan fingerprint density at radius 2 is 1.83 bits per heavy atom. The minimum absolute atomic E-state index is 0.0231. The molecule has 2 aromatic carbocycles. The second-order valence-corrected chi connectivity index (χ2v) is 15.0. The largest absolute Gasteiger partial charge is 0.493 e. The topological polar surface area (TPSA) is 153 Å². The molecule has 0 unspecified atom stereocenters. The Kier molecular flexibility index (Phi) is 10.7. The van der Waals surface area contributed by atoms with Crippen LogP contribution >= 0.6 is 0 Å². The number of fused-ring (bicyclic) bond motifs is 9. The molecule has 1 fully saturated rings. The van der Waals surface area contributed by atoms with Gasteiger partial charge in [-0.15, -0.1) is 0 Å². The average Bonchev–Trinajstić information content (AvgIpc) is 3.59. The van der Waals surface area contributed by atoms with Crippen LogP contribution in [0.3, 0.4) is 0 Å². The first kappa shape index (κ1) is 38.0. The molecule has 14 heteroatoms. The molecule has 4 aliphatic rings. The van der Waals surface area contributed by atoms with E-state index in [0.29, 0.717) is 41.6 Å². The summed E-state index contributed by atoms with van der Waals surface area (Å²) in [7, 11) is 5.27. The van der Waals surface area contributed by atoms with Crippen molar-refractivity contribution < 1.29 is 42.7 Å². The van der Waals surface area contributed by atoms with Crippen molar-refractivity contribution in [3.63, 3.8) is 0 Å². The maximum Gasteiger partial charge on any atom is 0.408 e. The van der Waals surface area contributed by atoms with E-state index >= 15 is 0 Å². The number of nitrogens with zero attached hydrogens (tertiary/aromatic N) is 3. The number of carbonyl (C=O) groups is 2. The number of methoxy groups -OCH3 is 2. The second-order valence-electron chi connectivity index (χ2n) is 15.0. The van der Waals surface area contributed by atoms with Gasteiger partial charge in [-0.2, -0.15) is 5.26 Å². The molecule has 53 heavy (non-hydrogen) atoms. The van der Waals surface area contributed by atoms with Crippen molar-refractivity contribution in [3.8, 4) is 34.8 Å². The highest BCUT2D eigenvalue weighted by Crippen LogP contribution is 2.58. The molecule has 4 heterocycles. The quantitative estimate of drug-likeness (QED) is 0.249. The zero-order chi connectivity index (χ0) is 38.4. The third-order valence-corrected chi connectivity index (χ3v) is 10.5. The molecule has 286 valence electrons. The predicted octanol–water partition coefficient (Wildman–Crippen LogP) is 4.39. The molecule has 0 aliphatic carbocycles. The summed E-state index contributed by atoms with van der Waals surface area (Å²) in [5.41, 5.74) is 4.77. The average molecular weight is 734 g/mol. The van der Waals surface area contributed by atoms with Crippen molar-refractivity contribution >= 4 is 12.0 Å². The zero-order valence-corrected chi connectivity index (χ0v) is 32.1. The molecule has 4 aliphatic heterocycles. The van der Waals surface area contributed by atoms with Crippen LogP contribution in [0, 0.1) is 25.2 Å². The van der Waals surface area contributed by atoms with Gasteiger partial charge in [-0.25, -0.2) is 4.79 Å². The standard InChI is InChI=1S/C39H51N5O9/c1-11-12-49-33-21(3)34-36(52-19-51-34)30-24(33)15-26-31-29-23(13-20(2)32(48-10)35(29)50-18-47-9)14-25(43(31)8)27(16-40)44(26)28(30)17-41-37(45)22(4)42-38(46)53-39(5,6)7/h11,13,22,25-28,31H,1,12,14-15,17-19H2,2-10H3,(H,41,45)(H,42,46)/t22-,25+,26-,27-,28-,31+/m0/s1. The lowest BCUT2D eigenvalue weighted by Crippen LogP contribution is -2.69. The van der Waals surface area contributed by atoms with E-state index in [9.17, 15) is 14.9 Å². The van der Waals surface area contributed by atoms with Gasteiger partial charge in [0.25, 0.3) is 0 Å². The highest BCUT2D eigenvalue weighted by Gasteiger charge is 2.57. The van der Waals surface area contributed by atoms with Gasteiger partial charge in [0.05, 0.1) is 25.3 Å². The van der Waals surface area contributed by atoms with E-state index in [0.717, 1.165) is 33.4 Å². The van der Waals surface area contributed by atoms with Gasteiger partial charge in [0.15, 0.2) is 29.8 Å². The Morgan fingerprint density at radius 1 is 1.09 bits per heavy atom. The van der Waals surface area contributed by atoms with E-state index < -0.39 is 35.7 Å². The second kappa shape index (κ2) is 15.0. The number of piperazine rings is 1. The number of ether oxygens (including phenoxy) is 7. The Balaban J connectivity index is 1.50. The normalized spacial score (nSPS) is 23.4. The number of nitrogens with one attached hydrogen (secondary N) is 2. The summed E-state index contributed by atoms with van der Waals surface area (Å²) in [6, 6.07) is 2.01. The van der Waals surface area contributed by atoms with Gasteiger partial charge < -0.3 is 43.8 Å². The monoisotopic (exact) mass is 733 g/mol. The summed E-state index contributed by atoms with van der Waals surface area (Å²) >= 11 is 0. The van der Waals surface area contributed by atoms with Crippen LogP contribution in [0.4, 0.5) is 4.79 Å². The van der Waals surface area contributed by atoms with Crippen LogP contribution in [-0.2, 0) is 27.1 Å². The molecule has 0 radical (unpaired) electrons. The smallest absolute Gasteiger partial charge is 0.408 e. The summed E-state index contributed by atoms with van der Waals surface area (Å²) in [6.07, 6.45) is 2.07. The van der Waals surface area contributed by atoms with E-state index in [-0.39, 0.29) is 44.9 Å². The first-order valence-corrected chi connectivity index (χ1v) is 17.9. The maximum atomic E-state index is 13.7. The van der Waals surface area contributed by atoms with E-state index in [2.05, 4.69) is 46.2 Å². The van der Waals surface area contributed by atoms with Gasteiger partial charge >= 0.3 is 6.09 Å². The highest BCUT2D eigenvalue weighted by molar-refractivity contribution is 5.85. The number of alkyl carbamates (subject to hydrolysis) is 1. The van der Waals surface area contributed by atoms with Gasteiger partial charge in [0.2, 0.25) is 12.7 Å². The fourth-order valence-corrected chi connectivity index (χ4v) is 8.50. The highest BCUT2D eigenvalue weighted by atomic mass is 16.7. The molecule has 2 amide bonds. The summed E-state index contributed by atoms with van der Waals surface area (Å²) < 4.78 is 41.6. The number of nitriles is 1. The Bertz CT molecular complexity index is 1820. The number of aryl methyl sites for hydroxylation is 1. The molecule has 0 aromatic heterocycles. The van der Waals surface area contributed by atoms with Gasteiger partial charge in [-0.3, -0.25) is 14.6 Å². The molecule has 6 atom stereocenters. The number of hydrogen-bond donors (Lipinski definition) is 2.